The van der Waals surface area contributed by atoms with Gasteiger partial charge in [0, 0.05) is 11.1 Å². The molecule has 0 saturated carbocycles. The van der Waals surface area contributed by atoms with E-state index in [1.807, 2.05) is 48.5 Å². The van der Waals surface area contributed by atoms with E-state index in [9.17, 15) is 4.79 Å². The predicted molar refractivity (Wildman–Crippen MR) is 244 cm³/mol. The Morgan fingerprint density at radius 2 is 0.589 bits per heavy atom. The van der Waals surface area contributed by atoms with Gasteiger partial charge in [-0.05, 0) is 109 Å². The summed E-state index contributed by atoms with van der Waals surface area (Å²) in [7, 11) is 0. The molecule has 0 radical (unpaired) electrons. The molecule has 3 heteroatoms. The van der Waals surface area contributed by atoms with Crippen LogP contribution in [0.2, 0.25) is 0 Å². The van der Waals surface area contributed by atoms with Gasteiger partial charge >= 0.3 is 0 Å². The number of hydrogen-bond acceptors (Lipinski definition) is 3. The zero-order valence-electron chi connectivity index (χ0n) is 38.5. The number of ketones is 1. The SMILES string of the molecule is CC(C)CCC[C@@H](C)CCC[C@@H](C)CCCC(C)CCOc1ccc(C(=O)c2ccc(OCCC(C)CCC[C@H](C)CCC[C@H](C)CCCC(C)C)cc2)cc1. The Labute approximate surface area is 348 Å². The van der Waals surface area contributed by atoms with Crippen LogP contribution in [0, 0.1) is 47.3 Å². The number of rotatable bonds is 34. The summed E-state index contributed by atoms with van der Waals surface area (Å²) < 4.78 is 12.1. The molecule has 2 unspecified atom stereocenters. The molecule has 2 rings (SSSR count). The van der Waals surface area contributed by atoms with Crippen LogP contribution in [0.4, 0.5) is 0 Å². The molecule has 0 fully saturated rings. The van der Waals surface area contributed by atoms with Gasteiger partial charge in [-0.15, -0.1) is 0 Å². The summed E-state index contributed by atoms with van der Waals surface area (Å²) in [5, 5.41) is 0. The quantitative estimate of drug-likeness (QED) is 0.0664. The molecule has 0 aliphatic rings. The Morgan fingerprint density at radius 3 is 0.839 bits per heavy atom. The van der Waals surface area contributed by atoms with Crippen molar-refractivity contribution >= 4 is 5.78 Å². The third kappa shape index (κ3) is 24.5. The molecule has 2 aromatic rings. The van der Waals surface area contributed by atoms with Gasteiger partial charge in [0.15, 0.2) is 5.78 Å². The second-order valence-corrected chi connectivity index (χ2v) is 19.7. The van der Waals surface area contributed by atoms with E-state index in [-0.39, 0.29) is 5.78 Å². The van der Waals surface area contributed by atoms with Crippen LogP contribution < -0.4 is 9.47 Å². The fraction of sp³-hybridized carbons (Fsp3) is 0.755. The van der Waals surface area contributed by atoms with Crippen molar-refractivity contribution in [3.05, 3.63) is 59.7 Å². The molecule has 0 bridgehead atoms. The average Bonchev–Trinajstić information content (AvgIpc) is 3.15. The fourth-order valence-electron chi connectivity index (χ4n) is 8.20. The second kappa shape index (κ2) is 29.9. The maximum atomic E-state index is 13.2. The van der Waals surface area contributed by atoms with Gasteiger partial charge in [-0.25, -0.2) is 0 Å². The van der Waals surface area contributed by atoms with Crippen molar-refractivity contribution in [3.8, 4) is 11.5 Å². The van der Waals surface area contributed by atoms with Gasteiger partial charge in [-0.2, -0.15) is 0 Å². The first-order valence-electron chi connectivity index (χ1n) is 23.8. The van der Waals surface area contributed by atoms with Crippen LogP contribution in [-0.2, 0) is 0 Å². The lowest BCUT2D eigenvalue weighted by molar-refractivity contribution is 0.103. The van der Waals surface area contributed by atoms with Gasteiger partial charge in [0.25, 0.3) is 0 Å². The van der Waals surface area contributed by atoms with Crippen LogP contribution in [0.15, 0.2) is 48.5 Å². The summed E-state index contributed by atoms with van der Waals surface area (Å²) >= 11 is 0. The zero-order valence-corrected chi connectivity index (χ0v) is 38.5. The molecule has 56 heavy (non-hydrogen) atoms. The van der Waals surface area contributed by atoms with Crippen LogP contribution in [0.5, 0.6) is 11.5 Å². The third-order valence-corrected chi connectivity index (χ3v) is 12.5. The van der Waals surface area contributed by atoms with Gasteiger partial charge in [0.1, 0.15) is 11.5 Å². The van der Waals surface area contributed by atoms with Crippen molar-refractivity contribution in [2.24, 2.45) is 47.3 Å². The Bertz CT molecular complexity index is 1140. The summed E-state index contributed by atoms with van der Waals surface area (Å²) in [4.78, 5) is 13.2. The van der Waals surface area contributed by atoms with Crippen LogP contribution in [0.1, 0.15) is 214 Å². The molecule has 0 aliphatic carbocycles. The second-order valence-electron chi connectivity index (χ2n) is 19.7. The smallest absolute Gasteiger partial charge is 0.193 e. The number of carbonyl (C=O) groups excluding carboxylic acids is 1. The number of benzene rings is 2. The highest BCUT2D eigenvalue weighted by molar-refractivity contribution is 6.09. The molecule has 0 aromatic heterocycles. The maximum Gasteiger partial charge on any atom is 0.193 e. The minimum absolute atomic E-state index is 0.0288. The van der Waals surface area contributed by atoms with Crippen molar-refractivity contribution in [1.29, 1.82) is 0 Å². The van der Waals surface area contributed by atoms with Crippen LogP contribution in [0.25, 0.3) is 0 Å². The van der Waals surface area contributed by atoms with E-state index in [4.69, 9.17) is 9.47 Å². The van der Waals surface area contributed by atoms with Crippen molar-refractivity contribution in [2.45, 2.75) is 198 Å². The van der Waals surface area contributed by atoms with Gasteiger partial charge < -0.3 is 9.47 Å². The molecule has 3 nitrogen and oxygen atoms in total. The molecule has 6 atom stereocenters. The van der Waals surface area contributed by atoms with E-state index in [1.54, 1.807) is 0 Å². The number of hydrogen-bond donors (Lipinski definition) is 0. The average molecular weight is 775 g/mol. The molecule has 320 valence electrons. The number of carbonyl (C=O) groups is 1. The zero-order chi connectivity index (χ0) is 41.1. The summed E-state index contributed by atoms with van der Waals surface area (Å²) in [5.74, 6) is 8.13. The van der Waals surface area contributed by atoms with Crippen LogP contribution >= 0.6 is 0 Å². The Kier molecular flexibility index (Phi) is 26.6. The minimum atomic E-state index is 0.0288. The first-order chi connectivity index (χ1) is 26.8. The molecule has 2 aromatic carbocycles. The minimum Gasteiger partial charge on any atom is -0.494 e. The third-order valence-electron chi connectivity index (χ3n) is 12.5. The molecule has 0 saturated heterocycles. The van der Waals surface area contributed by atoms with Crippen molar-refractivity contribution < 1.29 is 14.3 Å². The Balaban J connectivity index is 1.56. The normalized spacial score (nSPS) is 15.1. The van der Waals surface area contributed by atoms with E-state index < -0.39 is 0 Å². The fourth-order valence-corrected chi connectivity index (χ4v) is 8.20. The van der Waals surface area contributed by atoms with Gasteiger partial charge in [-0.3, -0.25) is 4.79 Å². The van der Waals surface area contributed by atoms with E-state index in [1.165, 1.54) is 116 Å². The Morgan fingerprint density at radius 1 is 0.357 bits per heavy atom. The molecular formula is C53H90O3. The van der Waals surface area contributed by atoms with Gasteiger partial charge in [0.05, 0.1) is 13.2 Å². The summed E-state index contributed by atoms with van der Waals surface area (Å²) in [6, 6.07) is 15.3. The molecule has 0 aliphatic heterocycles. The topological polar surface area (TPSA) is 35.5 Å². The molecule has 0 N–H and O–H groups in total. The predicted octanol–water partition coefficient (Wildman–Crippen LogP) is 16.6. The van der Waals surface area contributed by atoms with Crippen molar-refractivity contribution in [2.75, 3.05) is 13.2 Å². The van der Waals surface area contributed by atoms with Crippen molar-refractivity contribution in [1.82, 2.24) is 0 Å². The van der Waals surface area contributed by atoms with Crippen LogP contribution in [0.3, 0.4) is 0 Å². The standard InChI is InChI=1S/C53H90O3/c1-41(2)17-11-19-43(5)21-13-23-45(7)25-15-27-47(9)37-39-55-51-33-29-49(30-34-51)53(54)50-31-35-52(36-32-50)56-40-38-48(10)28-16-26-46(8)24-14-22-44(6)20-12-18-42(3)4/h29-36,41-48H,11-28,37-40H2,1-10H3/t43-,44-,45-,46-,47?,48?/m1/s1. The molecule has 0 heterocycles. The first-order valence-corrected chi connectivity index (χ1v) is 23.8. The van der Waals surface area contributed by atoms with Crippen LogP contribution in [-0.4, -0.2) is 19.0 Å². The lowest BCUT2D eigenvalue weighted by Crippen LogP contribution is -2.06. The highest BCUT2D eigenvalue weighted by Crippen LogP contribution is 2.25. The van der Waals surface area contributed by atoms with E-state index >= 15 is 0 Å². The van der Waals surface area contributed by atoms with Gasteiger partial charge in [-0.1, -0.05) is 185 Å². The highest BCUT2D eigenvalue weighted by Gasteiger charge is 2.13. The monoisotopic (exact) mass is 775 g/mol. The first kappa shape index (κ1) is 49.9. The molecule has 0 spiro atoms. The van der Waals surface area contributed by atoms with Gasteiger partial charge in [0.2, 0.25) is 0 Å². The highest BCUT2D eigenvalue weighted by atomic mass is 16.5. The van der Waals surface area contributed by atoms with E-state index in [2.05, 4.69) is 69.2 Å². The summed E-state index contributed by atoms with van der Waals surface area (Å²) in [6.45, 7) is 25.3. The summed E-state index contributed by atoms with van der Waals surface area (Å²) in [5.41, 5.74) is 1.37. The van der Waals surface area contributed by atoms with E-state index in [0.717, 1.165) is 73.1 Å². The van der Waals surface area contributed by atoms with E-state index in [0.29, 0.717) is 23.0 Å². The number of ether oxygens (including phenoxy) is 2. The largest absolute Gasteiger partial charge is 0.494 e. The maximum absolute atomic E-state index is 13.2. The Hall–Kier alpha value is -2.29. The van der Waals surface area contributed by atoms with Crippen molar-refractivity contribution in [3.63, 3.8) is 0 Å². The summed E-state index contributed by atoms with van der Waals surface area (Å²) in [6.07, 6.45) is 26.6. The lowest BCUT2D eigenvalue weighted by atomic mass is 9.91. The molecule has 0 amide bonds. The lowest BCUT2D eigenvalue weighted by Gasteiger charge is -2.16. The molecular weight excluding hydrogens is 685 g/mol.